The Bertz CT molecular complexity index is 490. The molecule has 1 aromatic carbocycles. The minimum absolute atomic E-state index is 0.110. The van der Waals surface area contributed by atoms with E-state index in [9.17, 15) is 0 Å². The Morgan fingerprint density at radius 2 is 2.27 bits per heavy atom. The van der Waals surface area contributed by atoms with Crippen molar-refractivity contribution in [2.75, 3.05) is 0 Å². The molecule has 0 bridgehead atoms. The van der Waals surface area contributed by atoms with E-state index in [1.807, 2.05) is 25.3 Å². The minimum Gasteiger partial charge on any atom is -0.361 e. The first-order valence-corrected chi connectivity index (χ1v) is 5.06. The van der Waals surface area contributed by atoms with Gasteiger partial charge in [-0.25, -0.2) is 0 Å². The molecule has 1 atom stereocenters. The predicted molar refractivity (Wildman–Crippen MR) is 63.4 cm³/mol. The average molecular weight is 198 g/mol. The summed E-state index contributed by atoms with van der Waals surface area (Å²) in [5.41, 5.74) is 2.43. The SMILES string of the molecule is C#CC(C)NCc1c[nH]c2ccccc12. The van der Waals surface area contributed by atoms with E-state index in [1.54, 1.807) is 0 Å². The van der Waals surface area contributed by atoms with Crippen molar-refractivity contribution in [2.45, 2.75) is 19.5 Å². The van der Waals surface area contributed by atoms with Gasteiger partial charge in [0.2, 0.25) is 0 Å². The van der Waals surface area contributed by atoms with E-state index in [0.29, 0.717) is 0 Å². The van der Waals surface area contributed by atoms with Crippen LogP contribution in [0.15, 0.2) is 30.5 Å². The van der Waals surface area contributed by atoms with E-state index >= 15 is 0 Å². The first kappa shape index (κ1) is 9.82. The Balaban J connectivity index is 2.19. The molecule has 0 radical (unpaired) electrons. The largest absolute Gasteiger partial charge is 0.361 e. The van der Waals surface area contributed by atoms with Gasteiger partial charge in [0.05, 0.1) is 6.04 Å². The predicted octanol–water partition coefficient (Wildman–Crippen LogP) is 2.28. The van der Waals surface area contributed by atoms with Crippen LogP contribution in [0.3, 0.4) is 0 Å². The van der Waals surface area contributed by atoms with E-state index in [4.69, 9.17) is 6.42 Å². The van der Waals surface area contributed by atoms with Gasteiger partial charge in [-0.15, -0.1) is 6.42 Å². The van der Waals surface area contributed by atoms with Crippen molar-refractivity contribution in [2.24, 2.45) is 0 Å². The smallest absolute Gasteiger partial charge is 0.0660 e. The lowest BCUT2D eigenvalue weighted by Gasteiger charge is -2.05. The summed E-state index contributed by atoms with van der Waals surface area (Å²) in [4.78, 5) is 3.24. The maximum atomic E-state index is 5.30. The van der Waals surface area contributed by atoms with Gasteiger partial charge in [-0.05, 0) is 18.6 Å². The van der Waals surface area contributed by atoms with Gasteiger partial charge < -0.3 is 4.98 Å². The Labute approximate surface area is 89.7 Å². The zero-order chi connectivity index (χ0) is 10.7. The molecular formula is C13H14N2. The van der Waals surface area contributed by atoms with Gasteiger partial charge in [0.25, 0.3) is 0 Å². The summed E-state index contributed by atoms with van der Waals surface area (Å²) in [6.07, 6.45) is 7.33. The summed E-state index contributed by atoms with van der Waals surface area (Å²) in [6, 6.07) is 8.37. The number of rotatable bonds is 3. The fraction of sp³-hybridized carbons (Fsp3) is 0.231. The van der Waals surface area contributed by atoms with Gasteiger partial charge in [0, 0.05) is 23.6 Å². The Hall–Kier alpha value is -1.72. The highest BCUT2D eigenvalue weighted by Gasteiger charge is 2.03. The number of H-pyrrole nitrogens is 1. The summed E-state index contributed by atoms with van der Waals surface area (Å²) in [5, 5.41) is 4.53. The highest BCUT2D eigenvalue weighted by molar-refractivity contribution is 5.82. The van der Waals surface area contributed by atoms with Crippen molar-refractivity contribution in [3.63, 3.8) is 0 Å². The quantitative estimate of drug-likeness (QED) is 0.727. The molecule has 2 rings (SSSR count). The molecule has 0 aliphatic rings. The fourth-order valence-electron chi connectivity index (χ4n) is 1.60. The molecule has 0 aliphatic carbocycles. The first-order valence-electron chi connectivity index (χ1n) is 5.06. The molecule has 0 amide bonds. The van der Waals surface area contributed by atoms with Crippen molar-refractivity contribution >= 4 is 10.9 Å². The van der Waals surface area contributed by atoms with Gasteiger partial charge in [-0.1, -0.05) is 24.1 Å². The third-order valence-electron chi connectivity index (χ3n) is 2.52. The van der Waals surface area contributed by atoms with E-state index in [0.717, 1.165) is 6.54 Å². The minimum atomic E-state index is 0.110. The van der Waals surface area contributed by atoms with Crippen molar-refractivity contribution < 1.29 is 0 Å². The summed E-state index contributed by atoms with van der Waals surface area (Å²) in [7, 11) is 0. The van der Waals surface area contributed by atoms with E-state index in [1.165, 1.54) is 16.5 Å². The van der Waals surface area contributed by atoms with E-state index in [2.05, 4.69) is 28.4 Å². The van der Waals surface area contributed by atoms with Crippen LogP contribution in [-0.2, 0) is 6.54 Å². The second-order valence-electron chi connectivity index (χ2n) is 3.63. The molecule has 15 heavy (non-hydrogen) atoms. The lowest BCUT2D eigenvalue weighted by molar-refractivity contribution is 0.650. The van der Waals surface area contributed by atoms with Crippen molar-refractivity contribution in [3.8, 4) is 12.3 Å². The maximum Gasteiger partial charge on any atom is 0.0660 e. The molecule has 0 aliphatic heterocycles. The summed E-state index contributed by atoms with van der Waals surface area (Å²) in [5.74, 6) is 2.65. The average Bonchev–Trinajstić information content (AvgIpc) is 2.69. The zero-order valence-corrected chi connectivity index (χ0v) is 8.75. The molecule has 0 saturated carbocycles. The van der Waals surface area contributed by atoms with Crippen molar-refractivity contribution in [3.05, 3.63) is 36.0 Å². The highest BCUT2D eigenvalue weighted by Crippen LogP contribution is 2.17. The zero-order valence-electron chi connectivity index (χ0n) is 8.75. The molecule has 1 heterocycles. The van der Waals surface area contributed by atoms with E-state index < -0.39 is 0 Å². The van der Waals surface area contributed by atoms with Gasteiger partial charge in [0.1, 0.15) is 0 Å². The Kier molecular flexibility index (Phi) is 2.75. The number of benzene rings is 1. The van der Waals surface area contributed by atoms with Gasteiger partial charge >= 0.3 is 0 Å². The number of aromatic amines is 1. The van der Waals surface area contributed by atoms with Gasteiger partial charge in [-0.3, -0.25) is 5.32 Å². The molecule has 2 heteroatoms. The molecule has 76 valence electrons. The number of para-hydroxylation sites is 1. The second kappa shape index (κ2) is 4.20. The molecule has 1 aromatic heterocycles. The monoisotopic (exact) mass is 198 g/mol. The van der Waals surface area contributed by atoms with Crippen LogP contribution in [0.2, 0.25) is 0 Å². The summed E-state index contributed by atoms with van der Waals surface area (Å²) >= 11 is 0. The fourth-order valence-corrected chi connectivity index (χ4v) is 1.60. The molecule has 2 nitrogen and oxygen atoms in total. The molecule has 0 spiro atoms. The Morgan fingerprint density at radius 1 is 1.47 bits per heavy atom. The molecular weight excluding hydrogens is 184 g/mol. The van der Waals surface area contributed by atoms with Crippen LogP contribution in [0.1, 0.15) is 12.5 Å². The number of hydrogen-bond donors (Lipinski definition) is 2. The van der Waals surface area contributed by atoms with Gasteiger partial charge in [-0.2, -0.15) is 0 Å². The van der Waals surface area contributed by atoms with Crippen LogP contribution in [0, 0.1) is 12.3 Å². The molecule has 2 N–H and O–H groups in total. The van der Waals surface area contributed by atoms with Crippen molar-refractivity contribution in [1.82, 2.24) is 10.3 Å². The number of fused-ring (bicyclic) bond motifs is 1. The topological polar surface area (TPSA) is 27.8 Å². The molecule has 0 saturated heterocycles. The van der Waals surface area contributed by atoms with Crippen LogP contribution < -0.4 is 5.32 Å². The Morgan fingerprint density at radius 3 is 3.07 bits per heavy atom. The van der Waals surface area contributed by atoms with E-state index in [-0.39, 0.29) is 6.04 Å². The lowest BCUT2D eigenvalue weighted by Crippen LogP contribution is -2.23. The van der Waals surface area contributed by atoms with Crippen LogP contribution in [0.5, 0.6) is 0 Å². The first-order chi connectivity index (χ1) is 7.31. The van der Waals surface area contributed by atoms with Crippen LogP contribution in [0.25, 0.3) is 10.9 Å². The number of hydrogen-bond acceptors (Lipinski definition) is 1. The summed E-state index contributed by atoms with van der Waals surface area (Å²) in [6.45, 7) is 2.78. The van der Waals surface area contributed by atoms with Crippen LogP contribution >= 0.6 is 0 Å². The third-order valence-corrected chi connectivity index (χ3v) is 2.52. The maximum absolute atomic E-state index is 5.30. The normalized spacial score (nSPS) is 12.5. The lowest BCUT2D eigenvalue weighted by atomic mass is 10.1. The highest BCUT2D eigenvalue weighted by atomic mass is 14.9. The van der Waals surface area contributed by atoms with Crippen LogP contribution in [0.4, 0.5) is 0 Å². The third kappa shape index (κ3) is 2.03. The number of nitrogens with one attached hydrogen (secondary N) is 2. The van der Waals surface area contributed by atoms with Crippen molar-refractivity contribution in [1.29, 1.82) is 0 Å². The van der Waals surface area contributed by atoms with Crippen LogP contribution in [-0.4, -0.2) is 11.0 Å². The standard InChI is InChI=1S/C13H14N2/c1-3-10(2)14-8-11-9-15-13-7-5-4-6-12(11)13/h1,4-7,9-10,14-15H,8H2,2H3. The molecule has 0 fully saturated rings. The van der Waals surface area contributed by atoms with Gasteiger partial charge in [0.15, 0.2) is 0 Å². The molecule has 1 unspecified atom stereocenters. The number of aromatic nitrogens is 1. The number of terminal acetylenes is 1. The second-order valence-corrected chi connectivity index (χ2v) is 3.63. The summed E-state index contributed by atoms with van der Waals surface area (Å²) < 4.78 is 0. The molecule has 2 aromatic rings.